The average molecular weight is 460 g/mol. The van der Waals surface area contributed by atoms with Gasteiger partial charge in [-0.15, -0.1) is 0 Å². The Kier molecular flexibility index (Phi) is 6.67. The van der Waals surface area contributed by atoms with E-state index >= 15 is 0 Å². The lowest BCUT2D eigenvalue weighted by Crippen LogP contribution is -2.61. The van der Waals surface area contributed by atoms with E-state index in [-0.39, 0.29) is 13.2 Å². The number of hydrogen-bond acceptors (Lipinski definition) is 7. The number of hydrogen-bond donors (Lipinski definition) is 0. The van der Waals surface area contributed by atoms with Crippen LogP contribution in [0.4, 0.5) is 0 Å². The number of fused-ring (bicyclic) bond motifs is 2. The van der Waals surface area contributed by atoms with Crippen molar-refractivity contribution in [3.8, 4) is 0 Å². The van der Waals surface area contributed by atoms with E-state index in [1.807, 2.05) is 42.5 Å². The third-order valence-corrected chi connectivity index (χ3v) is 5.82. The summed E-state index contributed by atoms with van der Waals surface area (Å²) in [7, 11) is 0. The maximum Gasteiger partial charge on any atom is 0.338 e. The summed E-state index contributed by atoms with van der Waals surface area (Å²) in [5, 5.41) is 0. The minimum absolute atomic E-state index is 0.0496. The molecular weight excluding hydrogens is 436 g/mol. The number of esters is 2. The molecule has 2 aliphatic heterocycles. The highest BCUT2D eigenvalue weighted by molar-refractivity contribution is 5.89. The summed E-state index contributed by atoms with van der Waals surface area (Å²) in [5.41, 5.74) is 1.71. The van der Waals surface area contributed by atoms with Crippen LogP contribution in [0.1, 0.15) is 32.6 Å². The molecular formula is C27H24O7. The minimum Gasteiger partial charge on any atom is -0.459 e. The van der Waals surface area contributed by atoms with Gasteiger partial charge in [0, 0.05) is 5.56 Å². The van der Waals surface area contributed by atoms with Gasteiger partial charge in [-0.1, -0.05) is 66.7 Å². The number of carbonyl (C=O) groups is 2. The molecule has 3 aromatic carbocycles. The van der Waals surface area contributed by atoms with Gasteiger partial charge in [-0.2, -0.15) is 0 Å². The Morgan fingerprint density at radius 3 is 2.00 bits per heavy atom. The lowest BCUT2D eigenvalue weighted by Gasteiger charge is -2.47. The molecule has 5 atom stereocenters. The molecule has 2 fully saturated rings. The molecule has 0 amide bonds. The molecule has 2 bridgehead atoms. The number of ether oxygens (including phenoxy) is 5. The van der Waals surface area contributed by atoms with Crippen LogP contribution < -0.4 is 0 Å². The molecule has 174 valence electrons. The van der Waals surface area contributed by atoms with Gasteiger partial charge in [-0.3, -0.25) is 0 Å². The van der Waals surface area contributed by atoms with Crippen molar-refractivity contribution in [2.75, 3.05) is 13.2 Å². The van der Waals surface area contributed by atoms with Crippen molar-refractivity contribution in [3.63, 3.8) is 0 Å². The van der Waals surface area contributed by atoms with Gasteiger partial charge < -0.3 is 23.7 Å². The Balaban J connectivity index is 1.34. The average Bonchev–Trinajstić information content (AvgIpc) is 2.89. The van der Waals surface area contributed by atoms with E-state index in [4.69, 9.17) is 23.7 Å². The topological polar surface area (TPSA) is 80.3 Å². The second-order valence-corrected chi connectivity index (χ2v) is 8.09. The van der Waals surface area contributed by atoms with Gasteiger partial charge in [0.2, 0.25) is 0 Å². The van der Waals surface area contributed by atoms with Gasteiger partial charge >= 0.3 is 11.9 Å². The number of rotatable bonds is 6. The molecule has 7 heteroatoms. The minimum atomic E-state index is -0.721. The zero-order chi connectivity index (χ0) is 23.3. The molecule has 0 saturated carbocycles. The van der Waals surface area contributed by atoms with Crippen LogP contribution in [0, 0.1) is 0 Å². The fourth-order valence-corrected chi connectivity index (χ4v) is 4.08. The third-order valence-electron chi connectivity index (χ3n) is 5.82. The highest BCUT2D eigenvalue weighted by atomic mass is 16.7. The van der Waals surface area contributed by atoms with E-state index in [9.17, 15) is 9.59 Å². The van der Waals surface area contributed by atoms with Gasteiger partial charge in [0.15, 0.2) is 12.4 Å². The molecule has 0 spiro atoms. The van der Waals surface area contributed by atoms with E-state index in [1.54, 1.807) is 48.5 Å². The summed E-state index contributed by atoms with van der Waals surface area (Å²) in [6.07, 6.45) is -3.22. The summed E-state index contributed by atoms with van der Waals surface area (Å²) < 4.78 is 29.6. The maximum absolute atomic E-state index is 12.8. The molecule has 7 nitrogen and oxygen atoms in total. The second-order valence-electron chi connectivity index (χ2n) is 8.09. The molecule has 3 aromatic rings. The molecule has 2 aliphatic rings. The summed E-state index contributed by atoms with van der Waals surface area (Å²) in [5.74, 6) is -0.941. The quantitative estimate of drug-likeness (QED) is 0.515. The molecule has 0 N–H and O–H groups in total. The SMILES string of the molecule is O=C(OCC1OCC2OC(c3ccccc3)OC1C2OC(=O)c1ccccc1)c1ccccc1. The Labute approximate surface area is 197 Å². The largest absolute Gasteiger partial charge is 0.459 e. The fraction of sp³-hybridized carbons (Fsp3) is 0.259. The van der Waals surface area contributed by atoms with Crippen LogP contribution in [0.5, 0.6) is 0 Å². The van der Waals surface area contributed by atoms with Crippen LogP contribution >= 0.6 is 0 Å². The van der Waals surface area contributed by atoms with Gasteiger partial charge in [0.1, 0.15) is 24.9 Å². The Bertz CT molecular complexity index is 1100. The first-order chi connectivity index (χ1) is 16.7. The second kappa shape index (κ2) is 10.2. The van der Waals surface area contributed by atoms with Crippen molar-refractivity contribution < 1.29 is 33.3 Å². The maximum atomic E-state index is 12.8. The molecule has 0 radical (unpaired) electrons. The summed E-state index contributed by atoms with van der Waals surface area (Å²) in [6.45, 7) is 0.121. The van der Waals surface area contributed by atoms with Crippen molar-refractivity contribution in [1.29, 1.82) is 0 Å². The van der Waals surface area contributed by atoms with Crippen LogP contribution in [0.15, 0.2) is 91.0 Å². The standard InChI is InChI=1S/C27H24O7/c28-25(18-10-4-1-5-11-18)31-16-21-23-24(33-26(29)19-12-6-2-7-13-19)22(17-30-21)32-27(34-23)20-14-8-3-9-15-20/h1-15,21-24,27H,16-17H2. The summed E-state index contributed by atoms with van der Waals surface area (Å²) in [4.78, 5) is 25.3. The number of benzene rings is 3. The lowest BCUT2D eigenvalue weighted by molar-refractivity contribution is -0.343. The van der Waals surface area contributed by atoms with Crippen LogP contribution in [0.25, 0.3) is 0 Å². The molecule has 5 unspecified atom stereocenters. The van der Waals surface area contributed by atoms with Crippen molar-refractivity contribution in [1.82, 2.24) is 0 Å². The van der Waals surface area contributed by atoms with Gasteiger partial charge in [-0.05, 0) is 24.3 Å². The first kappa shape index (κ1) is 22.3. The highest BCUT2D eigenvalue weighted by Crippen LogP contribution is 2.37. The van der Waals surface area contributed by atoms with Crippen LogP contribution in [0.2, 0.25) is 0 Å². The van der Waals surface area contributed by atoms with Crippen molar-refractivity contribution in [2.24, 2.45) is 0 Å². The predicted octanol–water partition coefficient (Wildman–Crippen LogP) is 3.95. The lowest BCUT2D eigenvalue weighted by atomic mass is 9.97. The Morgan fingerprint density at radius 2 is 1.35 bits per heavy atom. The van der Waals surface area contributed by atoms with Gasteiger partial charge in [0.05, 0.1) is 17.7 Å². The molecule has 0 aliphatic carbocycles. The first-order valence-electron chi connectivity index (χ1n) is 11.1. The predicted molar refractivity (Wildman–Crippen MR) is 121 cm³/mol. The van der Waals surface area contributed by atoms with E-state index < -0.39 is 42.6 Å². The third kappa shape index (κ3) is 4.87. The Morgan fingerprint density at radius 1 is 0.765 bits per heavy atom. The van der Waals surface area contributed by atoms with Crippen LogP contribution in [-0.2, 0) is 23.7 Å². The molecule has 5 rings (SSSR count). The van der Waals surface area contributed by atoms with Crippen molar-refractivity contribution >= 4 is 11.9 Å². The molecule has 2 heterocycles. The van der Waals surface area contributed by atoms with Gasteiger partial charge in [0.25, 0.3) is 0 Å². The van der Waals surface area contributed by atoms with Gasteiger partial charge in [-0.25, -0.2) is 9.59 Å². The first-order valence-corrected chi connectivity index (χ1v) is 11.1. The number of carbonyl (C=O) groups excluding carboxylic acids is 2. The van der Waals surface area contributed by atoms with Crippen molar-refractivity contribution in [3.05, 3.63) is 108 Å². The monoisotopic (exact) mass is 460 g/mol. The van der Waals surface area contributed by atoms with E-state index in [0.717, 1.165) is 5.56 Å². The zero-order valence-corrected chi connectivity index (χ0v) is 18.3. The highest BCUT2D eigenvalue weighted by Gasteiger charge is 2.51. The van der Waals surface area contributed by atoms with E-state index in [2.05, 4.69) is 0 Å². The summed E-state index contributed by atoms with van der Waals surface area (Å²) >= 11 is 0. The normalized spacial score (nSPS) is 25.8. The zero-order valence-electron chi connectivity index (χ0n) is 18.3. The fourth-order valence-electron chi connectivity index (χ4n) is 4.08. The van der Waals surface area contributed by atoms with Crippen LogP contribution in [-0.4, -0.2) is 49.6 Å². The van der Waals surface area contributed by atoms with E-state index in [0.29, 0.717) is 11.1 Å². The molecule has 0 aromatic heterocycles. The Hall–Kier alpha value is -3.52. The summed E-state index contributed by atoms with van der Waals surface area (Å²) in [6, 6.07) is 27.0. The van der Waals surface area contributed by atoms with Crippen molar-refractivity contribution in [2.45, 2.75) is 30.7 Å². The van der Waals surface area contributed by atoms with Crippen LogP contribution in [0.3, 0.4) is 0 Å². The smallest absolute Gasteiger partial charge is 0.338 e. The molecule has 34 heavy (non-hydrogen) atoms. The molecule has 2 saturated heterocycles. The van der Waals surface area contributed by atoms with E-state index in [1.165, 1.54) is 0 Å².